The summed E-state index contributed by atoms with van der Waals surface area (Å²) in [6.45, 7) is 0. The van der Waals surface area contributed by atoms with Crippen molar-refractivity contribution in [2.75, 3.05) is 0 Å². The van der Waals surface area contributed by atoms with Crippen LogP contribution in [0.15, 0.2) is 0 Å². The Morgan fingerprint density at radius 1 is 0.900 bits per heavy atom. The molecule has 0 amide bonds. The normalized spacial score (nSPS) is 38.5. The van der Waals surface area contributed by atoms with E-state index in [0.717, 1.165) is 0 Å². The van der Waals surface area contributed by atoms with Crippen molar-refractivity contribution in [3.63, 3.8) is 0 Å². The molecular weight excluding hydrogens is 516 g/mol. The van der Waals surface area contributed by atoms with E-state index in [9.17, 15) is 31.4 Å². The highest BCUT2D eigenvalue weighted by Crippen LogP contribution is 2.58. The summed E-state index contributed by atoms with van der Waals surface area (Å²) in [4.78, 5) is 0. The number of hydrogen-bond donors (Lipinski definition) is 1. The van der Waals surface area contributed by atoms with E-state index in [1.165, 1.54) is 0 Å². The number of hydrogen-bond acceptors (Lipinski definition) is 1. The summed E-state index contributed by atoms with van der Waals surface area (Å²) in [5.74, 6) is -0.724. The Bertz CT molecular complexity index is 366. The third-order valence-electron chi connectivity index (χ3n) is 4.44. The van der Waals surface area contributed by atoms with Crippen molar-refractivity contribution in [3.05, 3.63) is 0 Å². The van der Waals surface area contributed by atoms with Crippen molar-refractivity contribution in [3.8, 4) is 0 Å². The maximum Gasteiger partial charge on any atom is 0.426 e. The van der Waals surface area contributed by atoms with Gasteiger partial charge in [0.2, 0.25) is 0 Å². The molecule has 2 aliphatic rings. The second-order valence-electron chi connectivity index (χ2n) is 5.60. The van der Waals surface area contributed by atoms with Gasteiger partial charge in [0, 0.05) is 7.85 Å². The van der Waals surface area contributed by atoms with Crippen LogP contribution in [0, 0.1) is 17.8 Å². The van der Waals surface area contributed by atoms with E-state index in [2.05, 4.69) is 45.2 Å². The molecule has 0 aromatic carbocycles. The van der Waals surface area contributed by atoms with Gasteiger partial charge in [0.25, 0.3) is 5.60 Å². The van der Waals surface area contributed by atoms with Crippen molar-refractivity contribution >= 4 is 45.2 Å². The lowest BCUT2D eigenvalue weighted by molar-refractivity contribution is -0.373. The van der Waals surface area contributed by atoms with Crippen molar-refractivity contribution in [1.29, 1.82) is 0 Å². The summed E-state index contributed by atoms with van der Waals surface area (Å²) < 4.78 is 76.5. The lowest BCUT2D eigenvalue weighted by Gasteiger charge is -2.38. The first-order chi connectivity index (χ1) is 8.88. The van der Waals surface area contributed by atoms with Crippen LogP contribution in [-0.4, -0.2) is 30.9 Å². The van der Waals surface area contributed by atoms with Gasteiger partial charge in [-0.1, -0.05) is 45.2 Å². The molecule has 2 saturated carbocycles. The van der Waals surface area contributed by atoms with Crippen molar-refractivity contribution in [2.45, 2.75) is 45.1 Å². The van der Waals surface area contributed by atoms with Gasteiger partial charge in [-0.25, -0.2) is 0 Å². The molecule has 20 heavy (non-hydrogen) atoms. The Balaban J connectivity index is 2.20. The molecule has 1 nitrogen and oxygen atoms in total. The van der Waals surface area contributed by atoms with Crippen LogP contribution in [0.1, 0.15) is 19.3 Å². The van der Waals surface area contributed by atoms with Crippen LogP contribution in [0.3, 0.4) is 0 Å². The minimum atomic E-state index is -5.70. The fraction of sp³-hybridized carbons (Fsp3) is 1.00. The Hall–Kier alpha value is 1.000. The van der Waals surface area contributed by atoms with Gasteiger partial charge in [-0.05, 0) is 37.0 Å². The van der Waals surface area contributed by atoms with E-state index >= 15 is 0 Å². The van der Waals surface area contributed by atoms with Gasteiger partial charge < -0.3 is 5.11 Å². The summed E-state index contributed by atoms with van der Waals surface area (Å²) >= 11 is 4.32. The quantitative estimate of drug-likeness (QED) is 0.319. The highest BCUT2D eigenvalue weighted by molar-refractivity contribution is 14.1. The molecule has 0 radical (unpaired) electrons. The number of alkyl halides is 8. The summed E-state index contributed by atoms with van der Waals surface area (Å²) in [6, 6.07) is 0. The van der Waals surface area contributed by atoms with Gasteiger partial charge in [-0.2, -0.15) is 26.3 Å². The fourth-order valence-corrected chi connectivity index (χ4v) is 5.94. The number of halogens is 8. The Kier molecular flexibility index (Phi) is 4.58. The fourth-order valence-electron chi connectivity index (χ4n) is 3.35. The first-order valence-electron chi connectivity index (χ1n) is 6.02. The summed E-state index contributed by atoms with van der Waals surface area (Å²) in [6.07, 6.45) is -11.7. The predicted molar refractivity (Wildman–Crippen MR) is 77.0 cm³/mol. The summed E-state index contributed by atoms with van der Waals surface area (Å²) in [7, 11) is 0. The lowest BCUT2D eigenvalue weighted by atomic mass is 9.79. The third kappa shape index (κ3) is 2.67. The van der Waals surface area contributed by atoms with Crippen molar-refractivity contribution in [2.24, 2.45) is 17.8 Å². The van der Waals surface area contributed by atoms with E-state index in [-0.39, 0.29) is 15.8 Å². The van der Waals surface area contributed by atoms with E-state index in [0.29, 0.717) is 16.8 Å². The molecule has 0 aromatic rings. The molecule has 2 bridgehead atoms. The van der Waals surface area contributed by atoms with Crippen LogP contribution in [0.5, 0.6) is 0 Å². The van der Waals surface area contributed by atoms with Gasteiger partial charge in [0.15, 0.2) is 0 Å². The molecule has 2 fully saturated rings. The van der Waals surface area contributed by atoms with Crippen molar-refractivity contribution < 1.29 is 31.4 Å². The average Bonchev–Trinajstić information content (AvgIpc) is 2.77. The number of rotatable bonds is 2. The van der Waals surface area contributed by atoms with Gasteiger partial charge >= 0.3 is 12.4 Å². The highest BCUT2D eigenvalue weighted by Gasteiger charge is 2.71. The SMILES string of the molecule is OC(CC1CC2C[C@@H]1C(I)C2I)(C(F)(F)F)C(F)(F)F. The topological polar surface area (TPSA) is 20.2 Å². The van der Waals surface area contributed by atoms with Crippen LogP contribution < -0.4 is 0 Å². The molecular formula is C11H12F6I2O. The minimum absolute atomic E-state index is 0.0719. The Morgan fingerprint density at radius 2 is 1.40 bits per heavy atom. The maximum atomic E-state index is 12.7. The van der Waals surface area contributed by atoms with Crippen LogP contribution in [0.4, 0.5) is 26.3 Å². The predicted octanol–water partition coefficient (Wildman–Crippen LogP) is 4.50. The summed E-state index contributed by atoms with van der Waals surface area (Å²) in [5.41, 5.74) is -4.59. The third-order valence-corrected chi connectivity index (χ3v) is 9.31. The van der Waals surface area contributed by atoms with Gasteiger partial charge in [0.05, 0.1) is 0 Å². The second kappa shape index (κ2) is 5.27. The number of fused-ring (bicyclic) bond motifs is 2. The van der Waals surface area contributed by atoms with E-state index < -0.39 is 30.3 Å². The average molecular weight is 528 g/mol. The Morgan fingerprint density at radius 3 is 1.75 bits per heavy atom. The molecule has 0 heterocycles. The molecule has 2 aliphatic carbocycles. The van der Waals surface area contributed by atoms with Crippen LogP contribution >= 0.6 is 45.2 Å². The lowest BCUT2D eigenvalue weighted by Crippen LogP contribution is -2.58. The summed E-state index contributed by atoms with van der Waals surface area (Å²) in [5, 5.41) is 9.27. The van der Waals surface area contributed by atoms with Gasteiger partial charge in [0.1, 0.15) is 0 Å². The molecule has 118 valence electrons. The van der Waals surface area contributed by atoms with Crippen LogP contribution in [0.25, 0.3) is 0 Å². The standard InChI is InChI=1S/C11H12F6I2O/c12-10(13,14)9(20,11(15,16)17)3-5-1-4-2-6(5)8(19)7(4)18/h4-8,20H,1-3H2/t4?,5?,6-,7?,8?/m0/s1. The molecule has 0 aliphatic heterocycles. The second-order valence-corrected chi connectivity index (χ2v) is 8.48. The molecule has 0 spiro atoms. The van der Waals surface area contributed by atoms with Crippen LogP contribution in [-0.2, 0) is 0 Å². The smallest absolute Gasteiger partial charge is 0.374 e. The first-order valence-corrected chi connectivity index (χ1v) is 8.51. The highest BCUT2D eigenvalue weighted by atomic mass is 127. The minimum Gasteiger partial charge on any atom is -0.374 e. The van der Waals surface area contributed by atoms with E-state index in [1.54, 1.807) is 0 Å². The maximum absolute atomic E-state index is 12.7. The zero-order chi connectivity index (χ0) is 15.5. The molecule has 0 saturated heterocycles. The molecule has 9 heteroatoms. The van der Waals surface area contributed by atoms with E-state index in [4.69, 9.17) is 0 Å². The molecule has 0 aromatic heterocycles. The first kappa shape index (κ1) is 17.4. The van der Waals surface area contributed by atoms with Gasteiger partial charge in [-0.15, -0.1) is 0 Å². The van der Waals surface area contributed by atoms with Crippen molar-refractivity contribution in [1.82, 2.24) is 0 Å². The zero-order valence-corrected chi connectivity index (χ0v) is 14.3. The molecule has 2 rings (SSSR count). The zero-order valence-electron chi connectivity index (χ0n) is 9.98. The molecule has 4 unspecified atom stereocenters. The molecule has 5 atom stereocenters. The number of aliphatic hydroxyl groups is 1. The van der Waals surface area contributed by atoms with E-state index in [1.807, 2.05) is 0 Å². The molecule has 1 N–H and O–H groups in total. The van der Waals surface area contributed by atoms with Gasteiger partial charge in [-0.3, -0.25) is 0 Å². The van der Waals surface area contributed by atoms with Crippen LogP contribution in [0.2, 0.25) is 0 Å². The largest absolute Gasteiger partial charge is 0.426 e. The Labute approximate surface area is 139 Å². The monoisotopic (exact) mass is 528 g/mol.